The maximum Gasteiger partial charge on any atom is 0.0654 e. The first-order chi connectivity index (χ1) is 7.70. The molecule has 1 saturated heterocycles. The Morgan fingerprint density at radius 1 is 1.25 bits per heavy atom. The zero-order valence-electron chi connectivity index (χ0n) is 9.34. The van der Waals surface area contributed by atoms with Crippen molar-refractivity contribution in [2.24, 2.45) is 0 Å². The predicted molar refractivity (Wildman–Crippen MR) is 70.8 cm³/mol. The van der Waals surface area contributed by atoms with Gasteiger partial charge in [-0.25, -0.2) is 0 Å². The fourth-order valence-corrected chi connectivity index (χ4v) is 2.67. The first-order valence-electron chi connectivity index (χ1n) is 5.58. The van der Waals surface area contributed by atoms with Crippen LogP contribution in [0.2, 0.25) is 10.0 Å². The highest BCUT2D eigenvalue weighted by Gasteiger charge is 2.19. The summed E-state index contributed by atoms with van der Waals surface area (Å²) in [5.74, 6) is 0. The van der Waals surface area contributed by atoms with Crippen molar-refractivity contribution in [1.29, 1.82) is 0 Å². The van der Waals surface area contributed by atoms with Crippen LogP contribution in [-0.2, 0) is 0 Å². The molecular formula is C12H16Cl2N2. The number of nitrogens with zero attached hydrogens (tertiary/aromatic N) is 1. The molecule has 1 aliphatic rings. The Hall–Kier alpha value is -0.440. The standard InChI is InChI=1S/C12H16Cl2N2/c1-15-10-4-6-16(7-5-10)12-3-2-9(13)8-11(12)14/h2-3,8,10,15H,4-7H2,1H3. The van der Waals surface area contributed by atoms with Crippen molar-refractivity contribution in [2.45, 2.75) is 18.9 Å². The second kappa shape index (κ2) is 5.26. The molecule has 0 spiro atoms. The lowest BCUT2D eigenvalue weighted by Gasteiger charge is -2.34. The predicted octanol–water partition coefficient (Wildman–Crippen LogP) is 3.18. The molecule has 1 N–H and O–H groups in total. The largest absolute Gasteiger partial charge is 0.370 e. The van der Waals surface area contributed by atoms with Crippen LogP contribution in [0.5, 0.6) is 0 Å². The van der Waals surface area contributed by atoms with Crippen molar-refractivity contribution in [3.63, 3.8) is 0 Å². The molecule has 16 heavy (non-hydrogen) atoms. The van der Waals surface area contributed by atoms with Gasteiger partial charge in [0.15, 0.2) is 0 Å². The minimum atomic E-state index is 0.641. The van der Waals surface area contributed by atoms with Crippen LogP contribution < -0.4 is 10.2 Å². The highest BCUT2D eigenvalue weighted by atomic mass is 35.5. The van der Waals surface area contributed by atoms with Gasteiger partial charge in [-0.1, -0.05) is 23.2 Å². The number of piperidine rings is 1. The van der Waals surface area contributed by atoms with Crippen molar-refractivity contribution in [3.05, 3.63) is 28.2 Å². The number of benzene rings is 1. The molecule has 1 aliphatic heterocycles. The number of hydrogen-bond donors (Lipinski definition) is 1. The van der Waals surface area contributed by atoms with Gasteiger partial charge in [-0.15, -0.1) is 0 Å². The van der Waals surface area contributed by atoms with Crippen LogP contribution >= 0.6 is 23.2 Å². The molecule has 88 valence electrons. The van der Waals surface area contributed by atoms with E-state index in [1.165, 1.54) is 0 Å². The molecule has 2 rings (SSSR count). The molecule has 0 bridgehead atoms. The second-order valence-electron chi connectivity index (χ2n) is 4.15. The summed E-state index contributed by atoms with van der Waals surface area (Å²) in [7, 11) is 2.02. The highest BCUT2D eigenvalue weighted by molar-refractivity contribution is 6.36. The van der Waals surface area contributed by atoms with Crippen molar-refractivity contribution >= 4 is 28.9 Å². The van der Waals surface area contributed by atoms with Gasteiger partial charge in [0.2, 0.25) is 0 Å². The molecule has 1 fully saturated rings. The SMILES string of the molecule is CNC1CCN(c2ccc(Cl)cc2Cl)CC1. The molecule has 4 heteroatoms. The fraction of sp³-hybridized carbons (Fsp3) is 0.500. The van der Waals surface area contributed by atoms with Crippen molar-refractivity contribution in [3.8, 4) is 0 Å². The van der Waals surface area contributed by atoms with E-state index in [1.807, 2.05) is 25.2 Å². The third-order valence-corrected chi connectivity index (χ3v) is 3.69. The number of hydrogen-bond acceptors (Lipinski definition) is 2. The molecule has 0 unspecified atom stereocenters. The smallest absolute Gasteiger partial charge is 0.0654 e. The molecule has 1 aromatic carbocycles. The third kappa shape index (κ3) is 2.62. The Bertz CT molecular complexity index is 360. The van der Waals surface area contributed by atoms with E-state index in [9.17, 15) is 0 Å². The molecule has 0 atom stereocenters. The van der Waals surface area contributed by atoms with Crippen molar-refractivity contribution in [1.82, 2.24) is 5.32 Å². The molecule has 0 amide bonds. The van der Waals surface area contributed by atoms with Gasteiger partial charge in [-0.2, -0.15) is 0 Å². The summed E-state index contributed by atoms with van der Waals surface area (Å²) in [6.07, 6.45) is 2.32. The number of rotatable bonds is 2. The van der Waals surface area contributed by atoms with Crippen LogP contribution in [0, 0.1) is 0 Å². The summed E-state index contributed by atoms with van der Waals surface area (Å²) in [6, 6.07) is 6.35. The highest BCUT2D eigenvalue weighted by Crippen LogP contribution is 2.30. The molecule has 0 saturated carbocycles. The lowest BCUT2D eigenvalue weighted by molar-refractivity contribution is 0.442. The van der Waals surface area contributed by atoms with Gasteiger partial charge in [0.05, 0.1) is 10.7 Å². The van der Waals surface area contributed by atoms with Crippen LogP contribution in [0.25, 0.3) is 0 Å². The average Bonchev–Trinajstić information content (AvgIpc) is 2.29. The molecule has 0 aliphatic carbocycles. The Labute approximate surface area is 107 Å². The first kappa shape index (κ1) is 12.0. The maximum absolute atomic E-state index is 6.19. The van der Waals surface area contributed by atoms with E-state index in [2.05, 4.69) is 10.2 Å². The quantitative estimate of drug-likeness (QED) is 0.877. The number of halogens is 2. The van der Waals surface area contributed by atoms with Gasteiger partial charge in [-0.3, -0.25) is 0 Å². The Balaban J connectivity index is 2.08. The minimum absolute atomic E-state index is 0.641. The van der Waals surface area contributed by atoms with E-state index in [0.29, 0.717) is 11.1 Å². The van der Waals surface area contributed by atoms with Crippen molar-refractivity contribution < 1.29 is 0 Å². The van der Waals surface area contributed by atoms with E-state index in [0.717, 1.165) is 36.6 Å². The van der Waals surface area contributed by atoms with Gasteiger partial charge in [0, 0.05) is 24.2 Å². The van der Waals surface area contributed by atoms with Crippen LogP contribution in [0.4, 0.5) is 5.69 Å². The van der Waals surface area contributed by atoms with Gasteiger partial charge < -0.3 is 10.2 Å². The lowest BCUT2D eigenvalue weighted by Crippen LogP contribution is -2.41. The Morgan fingerprint density at radius 2 is 1.94 bits per heavy atom. The first-order valence-corrected chi connectivity index (χ1v) is 6.33. The fourth-order valence-electron chi connectivity index (χ4n) is 2.15. The Kier molecular flexibility index (Phi) is 3.95. The van der Waals surface area contributed by atoms with Gasteiger partial charge in [0.25, 0.3) is 0 Å². The third-order valence-electron chi connectivity index (χ3n) is 3.15. The topological polar surface area (TPSA) is 15.3 Å². The average molecular weight is 259 g/mol. The normalized spacial score (nSPS) is 17.8. The van der Waals surface area contributed by atoms with E-state index >= 15 is 0 Å². The van der Waals surface area contributed by atoms with Crippen LogP contribution in [0.15, 0.2) is 18.2 Å². The van der Waals surface area contributed by atoms with Gasteiger partial charge >= 0.3 is 0 Å². The summed E-state index contributed by atoms with van der Waals surface area (Å²) >= 11 is 12.1. The van der Waals surface area contributed by atoms with Crippen LogP contribution in [0.1, 0.15) is 12.8 Å². The van der Waals surface area contributed by atoms with Crippen molar-refractivity contribution in [2.75, 3.05) is 25.0 Å². The van der Waals surface area contributed by atoms with E-state index < -0.39 is 0 Å². The summed E-state index contributed by atoms with van der Waals surface area (Å²) in [6.45, 7) is 2.10. The summed E-state index contributed by atoms with van der Waals surface area (Å²) in [5.41, 5.74) is 1.10. The van der Waals surface area contributed by atoms with Crippen LogP contribution in [-0.4, -0.2) is 26.2 Å². The zero-order valence-corrected chi connectivity index (χ0v) is 10.9. The van der Waals surface area contributed by atoms with E-state index in [-0.39, 0.29) is 0 Å². The molecule has 0 aromatic heterocycles. The molecule has 0 radical (unpaired) electrons. The second-order valence-corrected chi connectivity index (χ2v) is 4.99. The van der Waals surface area contributed by atoms with Gasteiger partial charge in [0.1, 0.15) is 0 Å². The summed E-state index contributed by atoms with van der Waals surface area (Å²) in [5, 5.41) is 4.76. The zero-order chi connectivity index (χ0) is 11.5. The molecular weight excluding hydrogens is 243 g/mol. The molecule has 1 aromatic rings. The Morgan fingerprint density at radius 3 is 2.50 bits per heavy atom. The van der Waals surface area contributed by atoms with Crippen LogP contribution in [0.3, 0.4) is 0 Å². The number of nitrogens with one attached hydrogen (secondary N) is 1. The monoisotopic (exact) mass is 258 g/mol. The van der Waals surface area contributed by atoms with E-state index in [1.54, 1.807) is 0 Å². The molecule has 1 heterocycles. The van der Waals surface area contributed by atoms with E-state index in [4.69, 9.17) is 23.2 Å². The number of anilines is 1. The lowest BCUT2D eigenvalue weighted by atomic mass is 10.0. The molecule has 2 nitrogen and oxygen atoms in total. The summed E-state index contributed by atoms with van der Waals surface area (Å²) in [4.78, 5) is 2.33. The minimum Gasteiger partial charge on any atom is -0.370 e. The maximum atomic E-state index is 6.19. The van der Waals surface area contributed by atoms with Gasteiger partial charge in [-0.05, 0) is 38.1 Å². The summed E-state index contributed by atoms with van der Waals surface area (Å²) < 4.78 is 0.